The molecule has 1 fully saturated rings. The molecule has 0 aliphatic heterocycles. The molecule has 1 nitrogen and oxygen atoms in total. The summed E-state index contributed by atoms with van der Waals surface area (Å²) in [6, 6.07) is 24.3. The fourth-order valence-corrected chi connectivity index (χ4v) is 6.73. The lowest BCUT2D eigenvalue weighted by Gasteiger charge is -2.26. The molecular weight excluding hydrogens is 539 g/mol. The van der Waals surface area contributed by atoms with Crippen LogP contribution in [0.1, 0.15) is 117 Å². The van der Waals surface area contributed by atoms with Crippen LogP contribution in [-0.4, -0.2) is 6.61 Å². The van der Waals surface area contributed by atoms with Crippen molar-refractivity contribution in [1.82, 2.24) is 0 Å². The van der Waals surface area contributed by atoms with Crippen LogP contribution in [-0.2, 0) is 43.4 Å². The van der Waals surface area contributed by atoms with Gasteiger partial charge in [0.25, 0.3) is 0 Å². The zero-order valence-electron chi connectivity index (χ0n) is 27.5. The minimum Gasteiger partial charge on any atom is -0.377 e. The molecule has 0 spiro atoms. The van der Waals surface area contributed by atoms with E-state index in [0.717, 1.165) is 55.9 Å². The second-order valence-electron chi connectivity index (χ2n) is 13.3. The average molecular weight is 597 g/mol. The standard InChI is InChI=1S/C42H57FO/c1-3-31-44-33-41-30-29-40(32-42(41)43)16-10-9-15-39-27-25-38(26-28-39)14-8-7-13-37-23-21-36(22-24-37)12-6-5-11-35-19-17-34(4-2)18-20-35/h4,21-30,32,34-35H,2-3,5-20,31,33H2,1H3. The maximum absolute atomic E-state index is 14.3. The lowest BCUT2D eigenvalue weighted by Crippen LogP contribution is -2.12. The maximum atomic E-state index is 14.3. The lowest BCUT2D eigenvalue weighted by atomic mass is 9.80. The second-order valence-corrected chi connectivity index (χ2v) is 13.3. The van der Waals surface area contributed by atoms with Gasteiger partial charge in [-0.05, 0) is 142 Å². The number of unbranched alkanes of at least 4 members (excludes halogenated alkanes) is 3. The summed E-state index contributed by atoms with van der Waals surface area (Å²) in [5, 5.41) is 0. The number of rotatable bonds is 20. The average Bonchev–Trinajstić information content (AvgIpc) is 3.06. The minimum absolute atomic E-state index is 0.138. The molecule has 2 heteroatoms. The van der Waals surface area contributed by atoms with Crippen LogP contribution in [0.2, 0.25) is 0 Å². The number of benzene rings is 3. The zero-order chi connectivity index (χ0) is 30.8. The van der Waals surface area contributed by atoms with E-state index in [1.54, 1.807) is 6.07 Å². The predicted octanol–water partition coefficient (Wildman–Crippen LogP) is 11.6. The van der Waals surface area contributed by atoms with Crippen LogP contribution in [0.25, 0.3) is 0 Å². The molecule has 0 bridgehead atoms. The van der Waals surface area contributed by atoms with Gasteiger partial charge in [-0.15, -0.1) is 6.58 Å². The summed E-state index contributed by atoms with van der Waals surface area (Å²) in [6.45, 7) is 7.08. The van der Waals surface area contributed by atoms with E-state index in [9.17, 15) is 4.39 Å². The lowest BCUT2D eigenvalue weighted by molar-refractivity contribution is 0.119. The van der Waals surface area contributed by atoms with E-state index in [1.165, 1.54) is 92.9 Å². The Morgan fingerprint density at radius 2 is 1.11 bits per heavy atom. The van der Waals surface area contributed by atoms with Crippen LogP contribution < -0.4 is 0 Å². The predicted molar refractivity (Wildman–Crippen MR) is 186 cm³/mol. The first kappa shape index (κ1) is 34.2. The summed E-state index contributed by atoms with van der Waals surface area (Å²) in [6.07, 6.45) is 23.0. The van der Waals surface area contributed by atoms with Gasteiger partial charge in [-0.1, -0.05) is 86.5 Å². The van der Waals surface area contributed by atoms with Crippen molar-refractivity contribution in [3.05, 3.63) is 119 Å². The highest BCUT2D eigenvalue weighted by atomic mass is 19.1. The van der Waals surface area contributed by atoms with E-state index in [2.05, 4.69) is 74.2 Å². The van der Waals surface area contributed by atoms with Crippen LogP contribution in [0.15, 0.2) is 79.4 Å². The zero-order valence-corrected chi connectivity index (χ0v) is 27.5. The third-order valence-corrected chi connectivity index (χ3v) is 9.68. The number of halogens is 1. The molecule has 1 aliphatic rings. The van der Waals surface area contributed by atoms with Gasteiger partial charge >= 0.3 is 0 Å². The van der Waals surface area contributed by atoms with Crippen molar-refractivity contribution in [3.63, 3.8) is 0 Å². The highest BCUT2D eigenvalue weighted by Crippen LogP contribution is 2.32. The number of allylic oxidation sites excluding steroid dienone is 1. The van der Waals surface area contributed by atoms with E-state index in [4.69, 9.17) is 4.74 Å². The SMILES string of the molecule is C=CC1CCC(CCCCc2ccc(CCCCc3ccc(CCCCc4ccc(COCCC)c(F)c4)cc3)cc2)CC1. The van der Waals surface area contributed by atoms with Crippen molar-refractivity contribution >= 4 is 0 Å². The van der Waals surface area contributed by atoms with Gasteiger partial charge in [-0.2, -0.15) is 0 Å². The third-order valence-electron chi connectivity index (χ3n) is 9.68. The molecule has 0 saturated heterocycles. The van der Waals surface area contributed by atoms with Crippen LogP contribution >= 0.6 is 0 Å². The van der Waals surface area contributed by atoms with Crippen LogP contribution in [0.3, 0.4) is 0 Å². The normalized spacial score (nSPS) is 16.7. The van der Waals surface area contributed by atoms with Crippen molar-refractivity contribution < 1.29 is 9.13 Å². The van der Waals surface area contributed by atoms with Crippen LogP contribution in [0.5, 0.6) is 0 Å². The molecule has 0 unspecified atom stereocenters. The van der Waals surface area contributed by atoms with Crippen molar-refractivity contribution in [1.29, 1.82) is 0 Å². The highest BCUT2D eigenvalue weighted by Gasteiger charge is 2.18. The Hall–Kier alpha value is -2.71. The summed E-state index contributed by atoms with van der Waals surface area (Å²) >= 11 is 0. The summed E-state index contributed by atoms with van der Waals surface area (Å²) in [5.74, 6) is 1.60. The Labute approximate surface area is 268 Å². The van der Waals surface area contributed by atoms with E-state index in [1.807, 2.05) is 6.07 Å². The molecule has 4 rings (SSSR count). The summed E-state index contributed by atoms with van der Waals surface area (Å²) in [5.41, 5.74) is 7.55. The smallest absolute Gasteiger partial charge is 0.128 e. The molecule has 0 heterocycles. The molecule has 3 aromatic rings. The Balaban J connectivity index is 1.04. The largest absolute Gasteiger partial charge is 0.377 e. The van der Waals surface area contributed by atoms with Gasteiger partial charge in [-0.3, -0.25) is 0 Å². The van der Waals surface area contributed by atoms with Gasteiger partial charge in [0.15, 0.2) is 0 Å². The maximum Gasteiger partial charge on any atom is 0.128 e. The third kappa shape index (κ3) is 12.4. The summed E-state index contributed by atoms with van der Waals surface area (Å²) < 4.78 is 19.8. The van der Waals surface area contributed by atoms with E-state index in [0.29, 0.717) is 18.8 Å². The van der Waals surface area contributed by atoms with Gasteiger partial charge in [0.2, 0.25) is 0 Å². The molecule has 0 N–H and O–H groups in total. The van der Waals surface area contributed by atoms with Gasteiger partial charge in [0.05, 0.1) is 6.61 Å². The first-order valence-corrected chi connectivity index (χ1v) is 17.8. The molecule has 0 amide bonds. The summed E-state index contributed by atoms with van der Waals surface area (Å²) in [7, 11) is 0. The molecule has 1 aliphatic carbocycles. The van der Waals surface area contributed by atoms with Gasteiger partial charge in [0, 0.05) is 12.2 Å². The van der Waals surface area contributed by atoms with Crippen molar-refractivity contribution in [2.45, 2.75) is 123 Å². The van der Waals surface area contributed by atoms with Crippen LogP contribution in [0, 0.1) is 17.7 Å². The topological polar surface area (TPSA) is 9.23 Å². The molecule has 238 valence electrons. The van der Waals surface area contributed by atoms with Crippen molar-refractivity contribution in [2.75, 3.05) is 6.61 Å². The number of aryl methyl sites for hydroxylation is 5. The summed E-state index contributed by atoms with van der Waals surface area (Å²) in [4.78, 5) is 0. The molecule has 44 heavy (non-hydrogen) atoms. The van der Waals surface area contributed by atoms with Crippen molar-refractivity contribution in [2.24, 2.45) is 11.8 Å². The fraction of sp³-hybridized carbons (Fsp3) is 0.524. The monoisotopic (exact) mass is 596 g/mol. The second kappa shape index (κ2) is 19.6. The Bertz CT molecular complexity index is 1200. The molecule has 0 radical (unpaired) electrons. The van der Waals surface area contributed by atoms with Gasteiger partial charge in [0.1, 0.15) is 5.82 Å². The Kier molecular flexibility index (Phi) is 15.2. The first-order chi connectivity index (χ1) is 21.6. The fourth-order valence-electron chi connectivity index (χ4n) is 6.73. The Morgan fingerprint density at radius 1 is 0.659 bits per heavy atom. The highest BCUT2D eigenvalue weighted by molar-refractivity contribution is 5.25. The molecule has 0 atom stereocenters. The van der Waals surface area contributed by atoms with Crippen LogP contribution in [0.4, 0.5) is 4.39 Å². The van der Waals surface area contributed by atoms with Gasteiger partial charge in [-0.25, -0.2) is 4.39 Å². The number of hydrogen-bond donors (Lipinski definition) is 0. The Morgan fingerprint density at radius 3 is 1.57 bits per heavy atom. The van der Waals surface area contributed by atoms with E-state index < -0.39 is 0 Å². The first-order valence-electron chi connectivity index (χ1n) is 17.8. The van der Waals surface area contributed by atoms with E-state index >= 15 is 0 Å². The number of hydrogen-bond acceptors (Lipinski definition) is 1. The quantitative estimate of drug-likeness (QED) is 0.0931. The van der Waals surface area contributed by atoms with E-state index in [-0.39, 0.29) is 5.82 Å². The van der Waals surface area contributed by atoms with Crippen molar-refractivity contribution in [3.8, 4) is 0 Å². The molecule has 3 aromatic carbocycles. The minimum atomic E-state index is -0.138. The number of ether oxygens (including phenoxy) is 1. The van der Waals surface area contributed by atoms with Gasteiger partial charge < -0.3 is 4.74 Å². The molecular formula is C42H57FO. The molecule has 1 saturated carbocycles. The molecule has 0 aromatic heterocycles.